The molecule has 0 aliphatic heterocycles. The van der Waals surface area contributed by atoms with Crippen molar-refractivity contribution < 1.29 is 22.7 Å². The van der Waals surface area contributed by atoms with E-state index >= 15 is 0 Å². The van der Waals surface area contributed by atoms with Crippen LogP contribution in [0.1, 0.15) is 22.0 Å². The standard InChI is InChI=1S/C16H14F3NO2/c1-22-14(10-4-2-5-11(17)8-10)9-20-16(21)15-12(18)6-3-7-13(15)19/h2-8,14H,9H2,1H3,(H,20,21). The number of hydrogen-bond donors (Lipinski definition) is 1. The second kappa shape index (κ2) is 7.09. The van der Waals surface area contributed by atoms with Crippen molar-refractivity contribution in [1.82, 2.24) is 5.32 Å². The number of amides is 1. The second-order valence-corrected chi connectivity index (χ2v) is 4.59. The van der Waals surface area contributed by atoms with E-state index in [4.69, 9.17) is 4.74 Å². The summed E-state index contributed by atoms with van der Waals surface area (Å²) < 4.78 is 45.4. The van der Waals surface area contributed by atoms with Crippen molar-refractivity contribution in [3.05, 3.63) is 71.0 Å². The van der Waals surface area contributed by atoms with Gasteiger partial charge in [0.05, 0.1) is 6.10 Å². The molecule has 0 fully saturated rings. The minimum Gasteiger partial charge on any atom is -0.375 e. The van der Waals surface area contributed by atoms with Crippen LogP contribution in [-0.4, -0.2) is 19.6 Å². The van der Waals surface area contributed by atoms with Crippen molar-refractivity contribution in [2.24, 2.45) is 0 Å². The smallest absolute Gasteiger partial charge is 0.257 e. The summed E-state index contributed by atoms with van der Waals surface area (Å²) in [5.41, 5.74) is -0.145. The first-order valence-electron chi connectivity index (χ1n) is 6.53. The first-order valence-corrected chi connectivity index (χ1v) is 6.53. The molecule has 2 rings (SSSR count). The molecule has 1 atom stereocenters. The lowest BCUT2D eigenvalue weighted by Crippen LogP contribution is -2.30. The van der Waals surface area contributed by atoms with Crippen LogP contribution in [0.2, 0.25) is 0 Å². The third kappa shape index (κ3) is 3.65. The molecule has 116 valence electrons. The molecule has 0 radical (unpaired) electrons. The Kier molecular flexibility index (Phi) is 5.16. The number of hydrogen-bond acceptors (Lipinski definition) is 2. The third-order valence-electron chi connectivity index (χ3n) is 3.14. The predicted molar refractivity (Wildman–Crippen MR) is 74.8 cm³/mol. The zero-order chi connectivity index (χ0) is 16.1. The fourth-order valence-corrected chi connectivity index (χ4v) is 2.03. The van der Waals surface area contributed by atoms with Crippen molar-refractivity contribution in [1.29, 1.82) is 0 Å². The Balaban J connectivity index is 2.09. The van der Waals surface area contributed by atoms with Crippen LogP contribution in [0.3, 0.4) is 0 Å². The molecule has 0 heterocycles. The predicted octanol–water partition coefficient (Wildman–Crippen LogP) is 3.22. The molecule has 3 nitrogen and oxygen atoms in total. The maximum Gasteiger partial charge on any atom is 0.257 e. The van der Waals surface area contributed by atoms with Gasteiger partial charge in [0.25, 0.3) is 5.91 Å². The molecule has 0 saturated carbocycles. The molecule has 1 amide bonds. The third-order valence-corrected chi connectivity index (χ3v) is 3.14. The molecule has 2 aromatic carbocycles. The first kappa shape index (κ1) is 16.0. The van der Waals surface area contributed by atoms with Gasteiger partial charge in [-0.3, -0.25) is 4.79 Å². The van der Waals surface area contributed by atoms with E-state index in [0.29, 0.717) is 5.56 Å². The lowest BCUT2D eigenvalue weighted by atomic mass is 10.1. The zero-order valence-corrected chi connectivity index (χ0v) is 11.8. The molecular weight excluding hydrogens is 295 g/mol. The minimum atomic E-state index is -0.947. The average molecular weight is 309 g/mol. The molecule has 2 aromatic rings. The summed E-state index contributed by atoms with van der Waals surface area (Å²) >= 11 is 0. The maximum atomic E-state index is 13.5. The quantitative estimate of drug-likeness (QED) is 0.921. The summed E-state index contributed by atoms with van der Waals surface area (Å²) in [4.78, 5) is 11.9. The van der Waals surface area contributed by atoms with Gasteiger partial charge in [-0.2, -0.15) is 0 Å². The molecule has 22 heavy (non-hydrogen) atoms. The summed E-state index contributed by atoms with van der Waals surface area (Å²) in [7, 11) is 1.39. The van der Waals surface area contributed by atoms with Gasteiger partial charge in [0, 0.05) is 13.7 Å². The monoisotopic (exact) mass is 309 g/mol. The summed E-state index contributed by atoms with van der Waals surface area (Å²) in [5, 5.41) is 2.38. The van der Waals surface area contributed by atoms with E-state index in [1.165, 1.54) is 31.4 Å². The van der Waals surface area contributed by atoms with E-state index in [1.54, 1.807) is 6.07 Å². The van der Waals surface area contributed by atoms with Crippen molar-refractivity contribution in [2.75, 3.05) is 13.7 Å². The Morgan fingerprint density at radius 3 is 2.36 bits per heavy atom. The number of rotatable bonds is 5. The highest BCUT2D eigenvalue weighted by Gasteiger charge is 2.19. The van der Waals surface area contributed by atoms with Crippen molar-refractivity contribution in [3.8, 4) is 0 Å². The van der Waals surface area contributed by atoms with Crippen molar-refractivity contribution >= 4 is 5.91 Å². The normalized spacial score (nSPS) is 12.0. The topological polar surface area (TPSA) is 38.3 Å². The van der Waals surface area contributed by atoms with Gasteiger partial charge in [-0.1, -0.05) is 18.2 Å². The molecule has 0 bridgehead atoms. The number of halogens is 3. The van der Waals surface area contributed by atoms with E-state index in [9.17, 15) is 18.0 Å². The van der Waals surface area contributed by atoms with Gasteiger partial charge >= 0.3 is 0 Å². The Morgan fingerprint density at radius 1 is 1.14 bits per heavy atom. The summed E-state index contributed by atoms with van der Waals surface area (Å²) in [6.45, 7) is -0.0490. The lowest BCUT2D eigenvalue weighted by Gasteiger charge is -2.17. The largest absolute Gasteiger partial charge is 0.375 e. The summed E-state index contributed by atoms with van der Waals surface area (Å²) in [6, 6.07) is 8.86. The van der Waals surface area contributed by atoms with E-state index in [-0.39, 0.29) is 6.54 Å². The average Bonchev–Trinajstić information content (AvgIpc) is 2.48. The number of ether oxygens (including phenoxy) is 1. The molecule has 1 N–H and O–H groups in total. The molecule has 0 saturated heterocycles. The fraction of sp³-hybridized carbons (Fsp3) is 0.188. The van der Waals surface area contributed by atoms with E-state index < -0.39 is 35.0 Å². The highest BCUT2D eigenvalue weighted by atomic mass is 19.1. The summed E-state index contributed by atoms with van der Waals surface area (Å²) in [6.07, 6.45) is -0.630. The zero-order valence-electron chi connectivity index (χ0n) is 11.8. The number of methoxy groups -OCH3 is 1. The summed E-state index contributed by atoms with van der Waals surface area (Å²) in [5.74, 6) is -3.23. The molecule has 0 aliphatic rings. The van der Waals surface area contributed by atoms with Crippen LogP contribution in [0.4, 0.5) is 13.2 Å². The van der Waals surface area contributed by atoms with Crippen LogP contribution in [0.25, 0.3) is 0 Å². The Morgan fingerprint density at radius 2 is 1.77 bits per heavy atom. The molecule has 0 aliphatic carbocycles. The van der Waals surface area contributed by atoms with Crippen LogP contribution in [0.5, 0.6) is 0 Å². The molecule has 6 heteroatoms. The van der Waals surface area contributed by atoms with Gasteiger partial charge in [-0.05, 0) is 29.8 Å². The van der Waals surface area contributed by atoms with Gasteiger partial charge in [-0.15, -0.1) is 0 Å². The Labute approximate surface area is 125 Å². The van der Waals surface area contributed by atoms with E-state index in [2.05, 4.69) is 5.32 Å². The van der Waals surface area contributed by atoms with Gasteiger partial charge in [0.1, 0.15) is 23.0 Å². The fourth-order valence-electron chi connectivity index (χ4n) is 2.03. The highest BCUT2D eigenvalue weighted by Crippen LogP contribution is 2.17. The van der Waals surface area contributed by atoms with Gasteiger partial charge in [0.2, 0.25) is 0 Å². The molecule has 1 unspecified atom stereocenters. The number of carbonyl (C=O) groups excluding carboxylic acids is 1. The SMILES string of the molecule is COC(CNC(=O)c1c(F)cccc1F)c1cccc(F)c1. The van der Waals surface area contributed by atoms with Gasteiger partial charge in [0.15, 0.2) is 0 Å². The van der Waals surface area contributed by atoms with Crippen molar-refractivity contribution in [2.45, 2.75) is 6.10 Å². The van der Waals surface area contributed by atoms with Gasteiger partial charge < -0.3 is 10.1 Å². The van der Waals surface area contributed by atoms with Crippen LogP contribution in [0.15, 0.2) is 42.5 Å². The Hall–Kier alpha value is -2.34. The molecule has 0 aromatic heterocycles. The molecular formula is C16H14F3NO2. The van der Waals surface area contributed by atoms with E-state index in [0.717, 1.165) is 12.1 Å². The Bertz CT molecular complexity index is 656. The maximum absolute atomic E-state index is 13.5. The first-order chi connectivity index (χ1) is 10.5. The highest BCUT2D eigenvalue weighted by molar-refractivity contribution is 5.94. The van der Waals surface area contributed by atoms with E-state index in [1.807, 2.05) is 0 Å². The number of carbonyl (C=O) groups is 1. The second-order valence-electron chi connectivity index (χ2n) is 4.59. The van der Waals surface area contributed by atoms with Crippen molar-refractivity contribution in [3.63, 3.8) is 0 Å². The lowest BCUT2D eigenvalue weighted by molar-refractivity contribution is 0.0821. The van der Waals surface area contributed by atoms with Crippen LogP contribution in [0, 0.1) is 17.5 Å². The molecule has 0 spiro atoms. The van der Waals surface area contributed by atoms with Crippen LogP contribution < -0.4 is 5.32 Å². The number of nitrogens with one attached hydrogen (secondary N) is 1. The van der Waals surface area contributed by atoms with Crippen LogP contribution >= 0.6 is 0 Å². The van der Waals surface area contributed by atoms with Crippen LogP contribution in [-0.2, 0) is 4.74 Å². The minimum absolute atomic E-state index is 0.0490. The number of benzene rings is 2. The van der Waals surface area contributed by atoms with Gasteiger partial charge in [-0.25, -0.2) is 13.2 Å².